The van der Waals surface area contributed by atoms with Gasteiger partial charge in [0.2, 0.25) is 0 Å². The third-order valence-corrected chi connectivity index (χ3v) is 6.30. The number of ether oxygens (including phenoxy) is 1. The van der Waals surface area contributed by atoms with Gasteiger partial charge in [0.25, 0.3) is 10.0 Å². The molecule has 1 aliphatic rings. The number of hydrogen-bond acceptors (Lipinski definition) is 7. The molecule has 2 N–H and O–H groups in total. The first kappa shape index (κ1) is 16.1. The Bertz CT molecular complexity index is 845. The van der Waals surface area contributed by atoms with E-state index in [1.165, 1.54) is 23.7 Å². The molecule has 0 radical (unpaired) electrons. The number of rotatable bonds is 5. The summed E-state index contributed by atoms with van der Waals surface area (Å²) in [6.07, 6.45) is 0. The minimum absolute atomic E-state index is 0.132. The largest absolute Gasteiger partial charge is 0.464 e. The average molecular weight is 353 g/mol. The van der Waals surface area contributed by atoms with Crippen LogP contribution in [0.15, 0.2) is 27.9 Å². The Labute approximate surface area is 137 Å². The van der Waals surface area contributed by atoms with Crippen molar-refractivity contribution in [2.75, 3.05) is 7.11 Å². The van der Waals surface area contributed by atoms with E-state index in [-0.39, 0.29) is 16.4 Å². The summed E-state index contributed by atoms with van der Waals surface area (Å²) in [5, 5.41) is 3.24. The average Bonchev–Trinajstić information content (AvgIpc) is 3.20. The standard InChI is InChI=1S/C14H15N3O4S2/c1-21-13(18)12-14(22-8-16-12)23(19,20)17-5-9-2-3-10-6-15-7-11(10)4-9/h2-4,8,15,17H,5-7H2,1H3. The number of thiazole rings is 1. The summed E-state index contributed by atoms with van der Waals surface area (Å²) in [5.74, 6) is -0.768. The summed E-state index contributed by atoms with van der Waals surface area (Å²) in [6.45, 7) is 1.77. The lowest BCUT2D eigenvalue weighted by Crippen LogP contribution is -2.24. The lowest BCUT2D eigenvalue weighted by Gasteiger charge is -2.07. The van der Waals surface area contributed by atoms with E-state index < -0.39 is 16.0 Å². The number of carbonyl (C=O) groups excluding carboxylic acids is 1. The number of aromatic nitrogens is 1. The molecule has 2 aromatic rings. The minimum atomic E-state index is -3.83. The van der Waals surface area contributed by atoms with E-state index in [2.05, 4.69) is 19.8 Å². The van der Waals surface area contributed by atoms with Gasteiger partial charge in [-0.3, -0.25) is 0 Å². The number of benzene rings is 1. The fraction of sp³-hybridized carbons (Fsp3) is 0.286. The second-order valence-electron chi connectivity index (χ2n) is 5.01. The number of methoxy groups -OCH3 is 1. The predicted octanol–water partition coefficient (Wildman–Crippen LogP) is 1.01. The van der Waals surface area contributed by atoms with Crippen molar-refractivity contribution in [1.82, 2.24) is 15.0 Å². The van der Waals surface area contributed by atoms with Gasteiger partial charge in [-0.05, 0) is 16.7 Å². The molecular weight excluding hydrogens is 338 g/mol. The zero-order valence-corrected chi connectivity index (χ0v) is 14.0. The van der Waals surface area contributed by atoms with Crippen molar-refractivity contribution < 1.29 is 17.9 Å². The molecule has 3 rings (SSSR count). The zero-order chi connectivity index (χ0) is 16.4. The highest BCUT2D eigenvalue weighted by Gasteiger charge is 2.26. The molecule has 0 fully saturated rings. The van der Waals surface area contributed by atoms with Crippen LogP contribution in [0.2, 0.25) is 0 Å². The van der Waals surface area contributed by atoms with Crippen molar-refractivity contribution in [2.24, 2.45) is 0 Å². The van der Waals surface area contributed by atoms with E-state index in [0.29, 0.717) is 0 Å². The highest BCUT2D eigenvalue weighted by atomic mass is 32.2. The molecule has 0 saturated heterocycles. The Morgan fingerprint density at radius 1 is 1.39 bits per heavy atom. The van der Waals surface area contributed by atoms with Gasteiger partial charge in [0.05, 0.1) is 12.6 Å². The molecule has 1 aromatic heterocycles. The van der Waals surface area contributed by atoms with Crippen LogP contribution in [0, 0.1) is 0 Å². The van der Waals surface area contributed by atoms with Gasteiger partial charge in [0, 0.05) is 19.6 Å². The summed E-state index contributed by atoms with van der Waals surface area (Å²) in [5.41, 5.74) is 4.38. The van der Waals surface area contributed by atoms with Crippen LogP contribution >= 0.6 is 11.3 Å². The lowest BCUT2D eigenvalue weighted by atomic mass is 10.1. The zero-order valence-electron chi connectivity index (χ0n) is 12.3. The molecule has 1 aliphatic heterocycles. The molecule has 0 spiro atoms. The Hall–Kier alpha value is -1.81. The van der Waals surface area contributed by atoms with Crippen LogP contribution in [0.3, 0.4) is 0 Å². The maximum absolute atomic E-state index is 12.4. The highest BCUT2D eigenvalue weighted by molar-refractivity contribution is 7.91. The first-order valence-corrected chi connectivity index (χ1v) is 9.20. The topological polar surface area (TPSA) is 97.4 Å². The summed E-state index contributed by atoms with van der Waals surface area (Å²) >= 11 is 0.883. The van der Waals surface area contributed by atoms with Crippen LogP contribution in [0.25, 0.3) is 0 Å². The number of hydrogen-bond donors (Lipinski definition) is 2. The molecular formula is C14H15N3O4S2. The van der Waals surface area contributed by atoms with E-state index in [1.54, 1.807) is 0 Å². The molecule has 122 valence electrons. The number of sulfonamides is 1. The van der Waals surface area contributed by atoms with E-state index in [9.17, 15) is 13.2 Å². The number of fused-ring (bicyclic) bond motifs is 1. The van der Waals surface area contributed by atoms with E-state index in [1.807, 2.05) is 18.2 Å². The Morgan fingerprint density at radius 2 is 2.17 bits per heavy atom. The molecule has 7 nitrogen and oxygen atoms in total. The molecule has 0 aliphatic carbocycles. The third-order valence-electron chi connectivity index (χ3n) is 3.53. The molecule has 0 bridgehead atoms. The quantitative estimate of drug-likeness (QED) is 0.779. The molecule has 1 aromatic carbocycles. The lowest BCUT2D eigenvalue weighted by molar-refractivity contribution is 0.0590. The van der Waals surface area contributed by atoms with Crippen LogP contribution in [0.1, 0.15) is 27.2 Å². The van der Waals surface area contributed by atoms with Crippen molar-refractivity contribution >= 4 is 27.3 Å². The SMILES string of the molecule is COC(=O)c1ncsc1S(=O)(=O)NCc1ccc2c(c1)CNC2. The van der Waals surface area contributed by atoms with Gasteiger partial charge in [-0.2, -0.15) is 0 Å². The van der Waals surface area contributed by atoms with E-state index >= 15 is 0 Å². The second-order valence-corrected chi connectivity index (χ2v) is 7.83. The van der Waals surface area contributed by atoms with Crippen LogP contribution in [-0.2, 0) is 34.4 Å². The maximum Gasteiger partial charge on any atom is 0.358 e. The van der Waals surface area contributed by atoms with Gasteiger partial charge in [-0.25, -0.2) is 22.9 Å². The summed E-state index contributed by atoms with van der Waals surface area (Å²) < 4.78 is 31.7. The monoisotopic (exact) mass is 353 g/mol. The summed E-state index contributed by atoms with van der Waals surface area (Å²) in [6, 6.07) is 5.86. The molecule has 2 heterocycles. The molecule has 23 heavy (non-hydrogen) atoms. The first-order chi connectivity index (χ1) is 11.0. The van der Waals surface area contributed by atoms with Crippen molar-refractivity contribution in [3.63, 3.8) is 0 Å². The van der Waals surface area contributed by atoms with Gasteiger partial charge >= 0.3 is 5.97 Å². The van der Waals surface area contributed by atoms with Gasteiger partial charge in [0.1, 0.15) is 0 Å². The predicted molar refractivity (Wildman–Crippen MR) is 84.5 cm³/mol. The molecule has 0 amide bonds. The van der Waals surface area contributed by atoms with Crippen LogP contribution in [0.5, 0.6) is 0 Å². The van der Waals surface area contributed by atoms with Gasteiger partial charge in [0.15, 0.2) is 9.90 Å². The highest BCUT2D eigenvalue weighted by Crippen LogP contribution is 2.21. The fourth-order valence-electron chi connectivity index (χ4n) is 2.36. The Morgan fingerprint density at radius 3 is 2.96 bits per heavy atom. The van der Waals surface area contributed by atoms with Crippen molar-refractivity contribution in [2.45, 2.75) is 23.8 Å². The smallest absolute Gasteiger partial charge is 0.358 e. The molecule has 0 unspecified atom stereocenters. The van der Waals surface area contributed by atoms with Crippen LogP contribution in [0.4, 0.5) is 0 Å². The van der Waals surface area contributed by atoms with Crippen molar-refractivity contribution in [3.8, 4) is 0 Å². The van der Waals surface area contributed by atoms with Gasteiger partial charge in [-0.1, -0.05) is 18.2 Å². The minimum Gasteiger partial charge on any atom is -0.464 e. The fourth-order valence-corrected chi connectivity index (χ4v) is 4.55. The maximum atomic E-state index is 12.4. The van der Waals surface area contributed by atoms with Gasteiger partial charge < -0.3 is 10.1 Å². The van der Waals surface area contributed by atoms with Crippen LogP contribution < -0.4 is 10.0 Å². The van der Waals surface area contributed by atoms with Crippen LogP contribution in [-0.4, -0.2) is 26.5 Å². The Balaban J connectivity index is 1.77. The normalized spacial score (nSPS) is 13.8. The first-order valence-electron chi connectivity index (χ1n) is 6.84. The number of nitrogens with one attached hydrogen (secondary N) is 2. The summed E-state index contributed by atoms with van der Waals surface area (Å²) in [4.78, 5) is 15.3. The molecule has 9 heteroatoms. The number of carbonyl (C=O) groups is 1. The molecule has 0 saturated carbocycles. The number of nitrogens with zero attached hydrogens (tertiary/aromatic N) is 1. The van der Waals surface area contributed by atoms with Gasteiger partial charge in [-0.15, -0.1) is 11.3 Å². The molecule has 0 atom stereocenters. The van der Waals surface area contributed by atoms with Crippen molar-refractivity contribution in [3.05, 3.63) is 46.1 Å². The second kappa shape index (κ2) is 6.36. The number of esters is 1. The summed E-state index contributed by atoms with van der Waals surface area (Å²) in [7, 11) is -2.64. The van der Waals surface area contributed by atoms with Crippen molar-refractivity contribution in [1.29, 1.82) is 0 Å². The third kappa shape index (κ3) is 3.27. The Kier molecular flexibility index (Phi) is 4.44. The van der Waals surface area contributed by atoms with E-state index in [0.717, 1.165) is 30.0 Å². The van der Waals surface area contributed by atoms with E-state index in [4.69, 9.17) is 0 Å².